The molecule has 0 amide bonds. The van der Waals surface area contributed by atoms with Crippen LogP contribution in [0.15, 0.2) is 18.2 Å². The molecule has 0 spiro atoms. The number of halogens is 2. The number of carbonyl (C=O) groups excluding carboxylic acids is 1. The third-order valence-electron chi connectivity index (χ3n) is 2.20. The molecule has 0 aliphatic rings. The van der Waals surface area contributed by atoms with Crippen molar-refractivity contribution in [2.75, 3.05) is 13.2 Å². The Hall–Kier alpha value is -1.93. The van der Waals surface area contributed by atoms with E-state index in [2.05, 4.69) is 11.2 Å². The van der Waals surface area contributed by atoms with Crippen molar-refractivity contribution in [1.82, 2.24) is 5.32 Å². The fourth-order valence-electron chi connectivity index (χ4n) is 1.44. The largest absolute Gasteiger partial charge is 0.465 e. The van der Waals surface area contributed by atoms with Gasteiger partial charge in [-0.1, -0.05) is 12.0 Å². The zero-order chi connectivity index (χ0) is 13.5. The second kappa shape index (κ2) is 6.72. The van der Waals surface area contributed by atoms with E-state index in [0.717, 1.165) is 6.07 Å². The monoisotopic (exact) mass is 253 g/mol. The fourth-order valence-corrected chi connectivity index (χ4v) is 1.44. The number of benzene rings is 1. The van der Waals surface area contributed by atoms with Gasteiger partial charge in [0.05, 0.1) is 13.2 Å². The Bertz CT molecular complexity index is 469. The molecule has 0 saturated heterocycles. The lowest BCUT2D eigenvalue weighted by Crippen LogP contribution is -2.31. The molecule has 1 aromatic rings. The quantitative estimate of drug-likeness (QED) is 0.642. The van der Waals surface area contributed by atoms with Gasteiger partial charge in [-0.3, -0.25) is 5.32 Å². The third kappa shape index (κ3) is 3.54. The molecule has 0 radical (unpaired) electrons. The first-order valence-corrected chi connectivity index (χ1v) is 5.38. The Morgan fingerprint density at radius 2 is 2.28 bits per heavy atom. The minimum Gasteiger partial charge on any atom is -0.465 e. The van der Waals surface area contributed by atoms with E-state index in [1.807, 2.05) is 0 Å². The van der Waals surface area contributed by atoms with Crippen molar-refractivity contribution in [3.63, 3.8) is 0 Å². The average Bonchev–Trinajstić information content (AvgIpc) is 2.32. The molecule has 0 aromatic heterocycles. The van der Waals surface area contributed by atoms with Crippen LogP contribution in [0, 0.1) is 24.0 Å². The van der Waals surface area contributed by atoms with E-state index in [1.165, 1.54) is 6.07 Å². The molecule has 1 unspecified atom stereocenters. The van der Waals surface area contributed by atoms with Gasteiger partial charge >= 0.3 is 5.97 Å². The van der Waals surface area contributed by atoms with E-state index in [1.54, 1.807) is 6.92 Å². The maximum absolute atomic E-state index is 13.6. The van der Waals surface area contributed by atoms with Gasteiger partial charge in [0.2, 0.25) is 0 Å². The summed E-state index contributed by atoms with van der Waals surface area (Å²) in [6.07, 6.45) is 5.07. The average molecular weight is 253 g/mol. The summed E-state index contributed by atoms with van der Waals surface area (Å²) >= 11 is 0. The standard InChI is InChI=1S/C13H13F2NO2/c1-3-7-16-12(13(17)18-4-2)10-6-5-9(14)8-11(10)15/h1,5-6,8,12,16H,4,7H2,2H3. The van der Waals surface area contributed by atoms with Crippen LogP contribution in [-0.2, 0) is 9.53 Å². The first-order chi connectivity index (χ1) is 8.60. The van der Waals surface area contributed by atoms with E-state index < -0.39 is 23.6 Å². The molecule has 1 N–H and O–H groups in total. The molecule has 18 heavy (non-hydrogen) atoms. The first kappa shape index (κ1) is 14.1. The molecule has 96 valence electrons. The molecule has 3 nitrogen and oxygen atoms in total. The second-order valence-corrected chi connectivity index (χ2v) is 3.44. The van der Waals surface area contributed by atoms with Crippen LogP contribution in [0.4, 0.5) is 8.78 Å². The molecule has 1 aromatic carbocycles. The second-order valence-electron chi connectivity index (χ2n) is 3.44. The number of carbonyl (C=O) groups is 1. The van der Waals surface area contributed by atoms with Gasteiger partial charge in [-0.2, -0.15) is 0 Å². The van der Waals surface area contributed by atoms with Gasteiger partial charge in [0.25, 0.3) is 0 Å². The molecule has 1 atom stereocenters. The van der Waals surface area contributed by atoms with Crippen molar-refractivity contribution in [3.05, 3.63) is 35.4 Å². The number of esters is 1. The van der Waals surface area contributed by atoms with Gasteiger partial charge in [0.1, 0.15) is 17.7 Å². The molecule has 0 aliphatic carbocycles. The highest BCUT2D eigenvalue weighted by atomic mass is 19.1. The van der Waals surface area contributed by atoms with Gasteiger partial charge in [-0.15, -0.1) is 6.42 Å². The Balaban J connectivity index is 3.01. The summed E-state index contributed by atoms with van der Waals surface area (Å²) in [4.78, 5) is 11.7. The van der Waals surface area contributed by atoms with Crippen LogP contribution >= 0.6 is 0 Å². The van der Waals surface area contributed by atoms with Crippen LogP contribution in [0.3, 0.4) is 0 Å². The Morgan fingerprint density at radius 1 is 1.56 bits per heavy atom. The highest BCUT2D eigenvalue weighted by molar-refractivity contribution is 5.77. The van der Waals surface area contributed by atoms with Crippen LogP contribution in [0.25, 0.3) is 0 Å². The minimum absolute atomic E-state index is 0.00472. The van der Waals surface area contributed by atoms with E-state index in [-0.39, 0.29) is 18.7 Å². The smallest absolute Gasteiger partial charge is 0.327 e. The third-order valence-corrected chi connectivity index (χ3v) is 2.20. The zero-order valence-electron chi connectivity index (χ0n) is 9.87. The number of ether oxygens (including phenoxy) is 1. The van der Waals surface area contributed by atoms with Crippen molar-refractivity contribution in [2.45, 2.75) is 13.0 Å². The number of terminal acetylenes is 1. The van der Waals surface area contributed by atoms with Gasteiger partial charge < -0.3 is 4.74 Å². The summed E-state index contributed by atoms with van der Waals surface area (Å²) < 4.78 is 31.2. The van der Waals surface area contributed by atoms with Crippen molar-refractivity contribution in [3.8, 4) is 12.3 Å². The topological polar surface area (TPSA) is 38.3 Å². The normalized spacial score (nSPS) is 11.7. The van der Waals surface area contributed by atoms with E-state index in [4.69, 9.17) is 11.2 Å². The summed E-state index contributed by atoms with van der Waals surface area (Å²) in [6, 6.07) is 1.93. The molecule has 0 saturated carbocycles. The maximum Gasteiger partial charge on any atom is 0.327 e. The van der Waals surface area contributed by atoms with Crippen LogP contribution in [0.2, 0.25) is 0 Å². The van der Waals surface area contributed by atoms with E-state index >= 15 is 0 Å². The number of hydrogen-bond donors (Lipinski definition) is 1. The van der Waals surface area contributed by atoms with Crippen LogP contribution < -0.4 is 5.32 Å². The lowest BCUT2D eigenvalue weighted by atomic mass is 10.1. The molecular weight excluding hydrogens is 240 g/mol. The van der Waals surface area contributed by atoms with Crippen LogP contribution in [0.5, 0.6) is 0 Å². The van der Waals surface area contributed by atoms with Crippen LogP contribution in [0.1, 0.15) is 18.5 Å². The maximum atomic E-state index is 13.6. The summed E-state index contributed by atoms with van der Waals surface area (Å²) in [5.41, 5.74) is 0.00472. The number of hydrogen-bond acceptors (Lipinski definition) is 3. The molecule has 0 heterocycles. The van der Waals surface area contributed by atoms with Crippen molar-refractivity contribution >= 4 is 5.97 Å². The Morgan fingerprint density at radius 3 is 2.83 bits per heavy atom. The van der Waals surface area contributed by atoms with Crippen molar-refractivity contribution in [1.29, 1.82) is 0 Å². The predicted molar refractivity (Wildman–Crippen MR) is 62.6 cm³/mol. The van der Waals surface area contributed by atoms with Crippen LogP contribution in [-0.4, -0.2) is 19.1 Å². The molecule has 1 rings (SSSR count). The zero-order valence-corrected chi connectivity index (χ0v) is 9.87. The predicted octanol–water partition coefficient (Wildman–Crippen LogP) is 1.79. The summed E-state index contributed by atoms with van der Waals surface area (Å²) in [7, 11) is 0. The van der Waals surface area contributed by atoms with Crippen molar-refractivity contribution in [2.24, 2.45) is 0 Å². The van der Waals surface area contributed by atoms with Gasteiger partial charge in [-0.25, -0.2) is 13.6 Å². The molecule has 0 aliphatic heterocycles. The Labute approximate surface area is 104 Å². The summed E-state index contributed by atoms with van der Waals surface area (Å²) in [5.74, 6) is 0.0921. The highest BCUT2D eigenvalue weighted by Gasteiger charge is 2.24. The SMILES string of the molecule is C#CCNC(C(=O)OCC)c1ccc(F)cc1F. The number of nitrogens with one attached hydrogen (secondary N) is 1. The molecule has 5 heteroatoms. The molecule has 0 fully saturated rings. The van der Waals surface area contributed by atoms with E-state index in [9.17, 15) is 13.6 Å². The highest BCUT2D eigenvalue weighted by Crippen LogP contribution is 2.19. The summed E-state index contributed by atoms with van der Waals surface area (Å²) in [5, 5.41) is 2.66. The Kier molecular flexibility index (Phi) is 5.28. The van der Waals surface area contributed by atoms with Gasteiger partial charge in [-0.05, 0) is 13.0 Å². The lowest BCUT2D eigenvalue weighted by molar-refractivity contribution is -0.145. The fraction of sp³-hybridized carbons (Fsp3) is 0.308. The van der Waals surface area contributed by atoms with Gasteiger partial charge in [0, 0.05) is 11.6 Å². The first-order valence-electron chi connectivity index (χ1n) is 5.38. The number of rotatable bonds is 5. The summed E-state index contributed by atoms with van der Waals surface area (Å²) in [6.45, 7) is 1.87. The van der Waals surface area contributed by atoms with Gasteiger partial charge in [0.15, 0.2) is 0 Å². The minimum atomic E-state index is -1.04. The lowest BCUT2D eigenvalue weighted by Gasteiger charge is -2.16. The molecular formula is C13H13F2NO2. The van der Waals surface area contributed by atoms with Crippen molar-refractivity contribution < 1.29 is 18.3 Å². The molecule has 0 bridgehead atoms. The van der Waals surface area contributed by atoms with E-state index in [0.29, 0.717) is 6.07 Å².